The number of sulfonamides is 1. The van der Waals surface area contributed by atoms with Crippen molar-refractivity contribution in [3.05, 3.63) is 62.2 Å². The van der Waals surface area contributed by atoms with Gasteiger partial charge in [-0.05, 0) is 12.1 Å². The molecule has 0 aliphatic heterocycles. The molecule has 0 aliphatic carbocycles. The molecular weight excluding hydrogens is 382 g/mol. The third kappa shape index (κ3) is 4.48. The van der Waals surface area contributed by atoms with E-state index < -0.39 is 36.1 Å². The van der Waals surface area contributed by atoms with Crippen LogP contribution in [0.15, 0.2) is 41.3 Å². The van der Waals surface area contributed by atoms with Crippen LogP contribution < -0.4 is 14.2 Å². The Balaban J connectivity index is 2.35. The first kappa shape index (κ1) is 20.1. The number of hydrogen-bond donors (Lipinski definition) is 1. The van der Waals surface area contributed by atoms with Gasteiger partial charge in [-0.25, -0.2) is 13.1 Å². The van der Waals surface area contributed by atoms with Crippen LogP contribution in [0.3, 0.4) is 0 Å². The highest BCUT2D eigenvalue weighted by molar-refractivity contribution is 7.89. The molecule has 144 valence electrons. The summed E-state index contributed by atoms with van der Waals surface area (Å²) in [7, 11) is -1.46. The van der Waals surface area contributed by atoms with Crippen LogP contribution in [-0.2, 0) is 16.6 Å². The molecule has 2 aromatic rings. The van der Waals surface area contributed by atoms with Gasteiger partial charge in [0.2, 0.25) is 10.0 Å². The zero-order valence-electron chi connectivity index (χ0n) is 14.2. The lowest BCUT2D eigenvalue weighted by atomic mass is 10.2. The zero-order valence-corrected chi connectivity index (χ0v) is 15.1. The van der Waals surface area contributed by atoms with Crippen LogP contribution in [0, 0.1) is 20.2 Å². The van der Waals surface area contributed by atoms with Crippen LogP contribution in [0.1, 0.15) is 5.56 Å². The summed E-state index contributed by atoms with van der Waals surface area (Å²) in [5.74, 6) is 0.861. The number of methoxy groups -OCH3 is 2. The van der Waals surface area contributed by atoms with Crippen LogP contribution >= 0.6 is 0 Å². The van der Waals surface area contributed by atoms with E-state index in [2.05, 4.69) is 4.72 Å². The summed E-state index contributed by atoms with van der Waals surface area (Å²) >= 11 is 0. The fourth-order valence-electron chi connectivity index (χ4n) is 2.24. The lowest BCUT2D eigenvalue weighted by molar-refractivity contribution is -0.396. The van der Waals surface area contributed by atoms with Gasteiger partial charge in [0, 0.05) is 24.2 Å². The third-order valence-corrected chi connectivity index (χ3v) is 5.04. The molecule has 0 saturated heterocycles. The van der Waals surface area contributed by atoms with Crippen LogP contribution in [0.2, 0.25) is 0 Å². The predicted octanol–water partition coefficient (Wildman–Crippen LogP) is 2.00. The molecule has 0 radical (unpaired) electrons. The summed E-state index contributed by atoms with van der Waals surface area (Å²) < 4.78 is 37.4. The van der Waals surface area contributed by atoms with Crippen LogP contribution in [-0.4, -0.2) is 32.5 Å². The molecule has 1 N–H and O–H groups in total. The van der Waals surface area contributed by atoms with Crippen LogP contribution in [0.25, 0.3) is 0 Å². The number of nitrogens with zero attached hydrogens (tertiary/aromatic N) is 2. The van der Waals surface area contributed by atoms with Crippen molar-refractivity contribution in [2.45, 2.75) is 11.4 Å². The fraction of sp³-hybridized carbons (Fsp3) is 0.200. The largest absolute Gasteiger partial charge is 0.497 e. The Morgan fingerprint density at radius 3 is 2.26 bits per heavy atom. The van der Waals surface area contributed by atoms with E-state index in [1.807, 2.05) is 0 Å². The summed E-state index contributed by atoms with van der Waals surface area (Å²) in [5.41, 5.74) is -1.01. The van der Waals surface area contributed by atoms with Crippen molar-refractivity contribution >= 4 is 21.4 Å². The van der Waals surface area contributed by atoms with Crippen LogP contribution in [0.5, 0.6) is 11.5 Å². The minimum absolute atomic E-state index is 0.219. The number of nitro benzene ring substituents is 2. The van der Waals surface area contributed by atoms with Gasteiger partial charge >= 0.3 is 0 Å². The van der Waals surface area contributed by atoms with Gasteiger partial charge in [-0.15, -0.1) is 0 Å². The maximum atomic E-state index is 12.5. The molecule has 0 aliphatic rings. The lowest BCUT2D eigenvalue weighted by Gasteiger charge is -2.12. The van der Waals surface area contributed by atoms with Crippen molar-refractivity contribution in [1.82, 2.24) is 4.72 Å². The normalized spacial score (nSPS) is 11.0. The van der Waals surface area contributed by atoms with Crippen molar-refractivity contribution in [2.75, 3.05) is 14.2 Å². The maximum Gasteiger partial charge on any atom is 0.296 e. The van der Waals surface area contributed by atoms with Crippen LogP contribution in [0.4, 0.5) is 11.4 Å². The Morgan fingerprint density at radius 1 is 1.00 bits per heavy atom. The Bertz CT molecular complexity index is 991. The number of ether oxygens (including phenoxy) is 2. The Morgan fingerprint density at radius 2 is 1.70 bits per heavy atom. The van der Waals surface area contributed by atoms with Crippen molar-refractivity contribution in [2.24, 2.45) is 0 Å². The minimum Gasteiger partial charge on any atom is -0.497 e. The summed E-state index contributed by atoms with van der Waals surface area (Å²) in [6, 6.07) is 7.03. The second kappa shape index (κ2) is 7.97. The van der Waals surface area contributed by atoms with Gasteiger partial charge in [-0.3, -0.25) is 20.2 Å². The lowest BCUT2D eigenvalue weighted by Crippen LogP contribution is -2.24. The number of nitro groups is 2. The Labute approximate surface area is 153 Å². The molecule has 11 nitrogen and oxygen atoms in total. The molecule has 0 fully saturated rings. The van der Waals surface area contributed by atoms with Gasteiger partial charge < -0.3 is 9.47 Å². The molecule has 2 rings (SSSR count). The highest BCUT2D eigenvalue weighted by Gasteiger charge is 2.28. The zero-order chi connectivity index (χ0) is 20.2. The maximum absolute atomic E-state index is 12.5. The average molecular weight is 397 g/mol. The third-order valence-electron chi connectivity index (χ3n) is 3.59. The van der Waals surface area contributed by atoms with E-state index in [0.717, 1.165) is 12.1 Å². The first-order chi connectivity index (χ1) is 12.7. The molecule has 0 atom stereocenters. The highest BCUT2D eigenvalue weighted by Crippen LogP contribution is 2.29. The number of hydrogen-bond acceptors (Lipinski definition) is 8. The van der Waals surface area contributed by atoms with E-state index in [4.69, 9.17) is 9.47 Å². The summed E-state index contributed by atoms with van der Waals surface area (Å²) in [6.45, 7) is -0.219. The molecule has 0 spiro atoms. The number of non-ortho nitro benzene ring substituents is 1. The topological polar surface area (TPSA) is 151 Å². The second-order valence-corrected chi connectivity index (χ2v) is 6.90. The van der Waals surface area contributed by atoms with Gasteiger partial charge in [-0.2, -0.15) is 0 Å². The van der Waals surface area contributed by atoms with E-state index in [-0.39, 0.29) is 6.54 Å². The molecule has 0 amide bonds. The monoisotopic (exact) mass is 397 g/mol. The summed E-state index contributed by atoms with van der Waals surface area (Å²) in [5, 5.41) is 21.9. The summed E-state index contributed by atoms with van der Waals surface area (Å²) in [4.78, 5) is 19.4. The Hall–Kier alpha value is -3.25. The molecule has 27 heavy (non-hydrogen) atoms. The SMILES string of the molecule is COc1ccc(CNS(=O)(=O)c2ccc([N+](=O)[O-])cc2[N+](=O)[O-])c(OC)c1. The number of nitrogens with one attached hydrogen (secondary N) is 1. The first-order valence-corrected chi connectivity index (χ1v) is 8.81. The number of benzene rings is 2. The quantitative estimate of drug-likeness (QED) is 0.524. The van der Waals surface area contributed by atoms with Gasteiger partial charge in [-0.1, -0.05) is 6.07 Å². The molecule has 0 saturated carbocycles. The predicted molar refractivity (Wildman–Crippen MR) is 93.3 cm³/mol. The van der Waals surface area contributed by atoms with E-state index in [0.29, 0.717) is 23.1 Å². The van der Waals surface area contributed by atoms with E-state index in [9.17, 15) is 28.6 Å². The molecular formula is C15H15N3O8S. The minimum atomic E-state index is -4.32. The molecule has 0 heterocycles. The fourth-order valence-corrected chi connectivity index (χ4v) is 3.39. The standard InChI is InChI=1S/C15H15N3O8S/c1-25-12-5-3-10(14(8-12)26-2)9-16-27(23,24)15-6-4-11(17(19)20)7-13(15)18(21)22/h3-8,16H,9H2,1-2H3. The van der Waals surface area contributed by atoms with E-state index in [1.165, 1.54) is 14.2 Å². The van der Waals surface area contributed by atoms with E-state index >= 15 is 0 Å². The molecule has 0 unspecified atom stereocenters. The smallest absolute Gasteiger partial charge is 0.296 e. The Kier molecular flexibility index (Phi) is 5.92. The molecule has 2 aromatic carbocycles. The van der Waals surface area contributed by atoms with Crippen molar-refractivity contribution in [3.63, 3.8) is 0 Å². The highest BCUT2D eigenvalue weighted by atomic mass is 32.2. The average Bonchev–Trinajstić information content (AvgIpc) is 2.65. The van der Waals surface area contributed by atoms with Gasteiger partial charge in [0.15, 0.2) is 4.90 Å². The van der Waals surface area contributed by atoms with Crippen molar-refractivity contribution in [1.29, 1.82) is 0 Å². The summed E-state index contributed by atoms with van der Waals surface area (Å²) in [6.07, 6.45) is 0. The van der Waals surface area contributed by atoms with E-state index in [1.54, 1.807) is 18.2 Å². The molecule has 0 aromatic heterocycles. The first-order valence-electron chi connectivity index (χ1n) is 7.33. The second-order valence-electron chi connectivity index (χ2n) is 5.17. The van der Waals surface area contributed by atoms with Crippen molar-refractivity contribution in [3.8, 4) is 11.5 Å². The van der Waals surface area contributed by atoms with Crippen molar-refractivity contribution < 1.29 is 27.7 Å². The van der Waals surface area contributed by atoms with Gasteiger partial charge in [0.1, 0.15) is 11.5 Å². The number of rotatable bonds is 8. The van der Waals surface area contributed by atoms with Gasteiger partial charge in [0.05, 0.1) is 30.1 Å². The van der Waals surface area contributed by atoms with Gasteiger partial charge in [0.25, 0.3) is 11.4 Å². The molecule has 0 bridgehead atoms. The molecule has 12 heteroatoms.